The standard InChI is InChI=1S/C13H14ClFN4/c14-11-7-9(15)1-2-10(11)12(19-17)5-8-3-4-18-13(16)6-8/h1-4,6-7,12,19H,5,17H2,(H2,16,18). The second-order valence-electron chi connectivity index (χ2n) is 4.18. The molecule has 0 bridgehead atoms. The van der Waals surface area contributed by atoms with Crippen LogP contribution in [0.2, 0.25) is 5.02 Å². The number of halogens is 2. The van der Waals surface area contributed by atoms with Crippen molar-refractivity contribution in [3.63, 3.8) is 0 Å². The van der Waals surface area contributed by atoms with E-state index in [0.717, 1.165) is 11.1 Å². The van der Waals surface area contributed by atoms with Gasteiger partial charge in [-0.2, -0.15) is 0 Å². The van der Waals surface area contributed by atoms with E-state index in [9.17, 15) is 4.39 Å². The van der Waals surface area contributed by atoms with Crippen LogP contribution >= 0.6 is 11.6 Å². The van der Waals surface area contributed by atoms with Crippen LogP contribution in [-0.2, 0) is 6.42 Å². The molecule has 2 aromatic rings. The largest absolute Gasteiger partial charge is 0.384 e. The summed E-state index contributed by atoms with van der Waals surface area (Å²) in [5.41, 5.74) is 10.0. The number of hydrogen-bond donors (Lipinski definition) is 3. The molecular formula is C13H14ClFN4. The van der Waals surface area contributed by atoms with E-state index in [1.807, 2.05) is 6.07 Å². The lowest BCUT2D eigenvalue weighted by atomic mass is 10.00. The number of rotatable bonds is 4. The van der Waals surface area contributed by atoms with Crippen LogP contribution in [0.15, 0.2) is 36.5 Å². The van der Waals surface area contributed by atoms with E-state index in [1.54, 1.807) is 18.3 Å². The van der Waals surface area contributed by atoms with Crippen molar-refractivity contribution in [1.29, 1.82) is 0 Å². The maximum Gasteiger partial charge on any atom is 0.124 e. The van der Waals surface area contributed by atoms with E-state index in [2.05, 4.69) is 10.4 Å². The molecule has 0 spiro atoms. The number of anilines is 1. The topological polar surface area (TPSA) is 77.0 Å². The minimum atomic E-state index is -0.377. The van der Waals surface area contributed by atoms with Crippen molar-refractivity contribution >= 4 is 17.4 Å². The Balaban J connectivity index is 2.25. The van der Waals surface area contributed by atoms with Gasteiger partial charge in [0.1, 0.15) is 11.6 Å². The predicted molar refractivity (Wildman–Crippen MR) is 73.8 cm³/mol. The van der Waals surface area contributed by atoms with Crippen LogP contribution in [0.5, 0.6) is 0 Å². The van der Waals surface area contributed by atoms with Crippen LogP contribution < -0.4 is 17.0 Å². The Hall–Kier alpha value is -1.69. The van der Waals surface area contributed by atoms with Crippen molar-refractivity contribution in [2.45, 2.75) is 12.5 Å². The number of nitrogens with zero attached hydrogens (tertiary/aromatic N) is 1. The van der Waals surface area contributed by atoms with Crippen LogP contribution in [-0.4, -0.2) is 4.98 Å². The number of pyridine rings is 1. The Morgan fingerprint density at radius 2 is 2.11 bits per heavy atom. The van der Waals surface area contributed by atoms with Gasteiger partial charge in [0.25, 0.3) is 0 Å². The minimum absolute atomic E-state index is 0.227. The monoisotopic (exact) mass is 280 g/mol. The molecule has 1 aromatic heterocycles. The fourth-order valence-corrected chi connectivity index (χ4v) is 2.20. The first-order chi connectivity index (χ1) is 9.10. The molecule has 4 nitrogen and oxygen atoms in total. The van der Waals surface area contributed by atoms with Gasteiger partial charge in [0.15, 0.2) is 0 Å². The summed E-state index contributed by atoms with van der Waals surface area (Å²) in [6.45, 7) is 0. The van der Waals surface area contributed by atoms with Gasteiger partial charge >= 0.3 is 0 Å². The Morgan fingerprint density at radius 1 is 1.32 bits per heavy atom. The molecule has 0 fully saturated rings. The molecule has 0 aliphatic rings. The summed E-state index contributed by atoms with van der Waals surface area (Å²) in [6.07, 6.45) is 2.21. The number of benzene rings is 1. The molecule has 0 amide bonds. The summed E-state index contributed by atoms with van der Waals surface area (Å²) >= 11 is 6.03. The molecule has 1 heterocycles. The van der Waals surface area contributed by atoms with Gasteiger partial charge in [-0.05, 0) is 41.8 Å². The zero-order valence-corrected chi connectivity index (χ0v) is 10.9. The van der Waals surface area contributed by atoms with Gasteiger partial charge in [0.05, 0.1) is 6.04 Å². The maximum absolute atomic E-state index is 13.0. The number of hydrogen-bond acceptors (Lipinski definition) is 4. The molecule has 1 atom stereocenters. The lowest BCUT2D eigenvalue weighted by Crippen LogP contribution is -2.29. The second-order valence-corrected chi connectivity index (χ2v) is 4.59. The zero-order chi connectivity index (χ0) is 13.8. The van der Waals surface area contributed by atoms with Crippen molar-refractivity contribution < 1.29 is 4.39 Å². The van der Waals surface area contributed by atoms with Gasteiger partial charge in [-0.1, -0.05) is 17.7 Å². The Kier molecular flexibility index (Phi) is 4.31. The van der Waals surface area contributed by atoms with Crippen molar-refractivity contribution in [2.24, 2.45) is 5.84 Å². The summed E-state index contributed by atoms with van der Waals surface area (Å²) < 4.78 is 13.0. The summed E-state index contributed by atoms with van der Waals surface area (Å²) in [5, 5.41) is 0.338. The molecule has 2 rings (SSSR count). The Labute approximate surface area is 115 Å². The molecular weight excluding hydrogens is 267 g/mol. The number of nitrogens with two attached hydrogens (primary N) is 2. The molecule has 100 valence electrons. The summed E-state index contributed by atoms with van der Waals surface area (Å²) in [6, 6.07) is 7.62. The number of nitrogens with one attached hydrogen (secondary N) is 1. The van der Waals surface area contributed by atoms with Gasteiger partial charge in [0.2, 0.25) is 0 Å². The summed E-state index contributed by atoms with van der Waals surface area (Å²) in [7, 11) is 0. The minimum Gasteiger partial charge on any atom is -0.384 e. The van der Waals surface area contributed by atoms with Crippen LogP contribution in [0, 0.1) is 5.82 Å². The highest BCUT2D eigenvalue weighted by molar-refractivity contribution is 6.31. The predicted octanol–water partition coefficient (Wildman–Crippen LogP) is 2.20. The van der Waals surface area contributed by atoms with Crippen molar-refractivity contribution in [3.05, 3.63) is 58.5 Å². The van der Waals surface area contributed by atoms with E-state index >= 15 is 0 Å². The van der Waals surface area contributed by atoms with Gasteiger partial charge in [0, 0.05) is 11.2 Å². The van der Waals surface area contributed by atoms with E-state index in [-0.39, 0.29) is 11.9 Å². The first kappa shape index (κ1) is 13.7. The van der Waals surface area contributed by atoms with Crippen LogP contribution in [0.4, 0.5) is 10.2 Å². The first-order valence-electron chi connectivity index (χ1n) is 5.71. The number of aromatic nitrogens is 1. The van der Waals surface area contributed by atoms with Crippen LogP contribution in [0.25, 0.3) is 0 Å². The molecule has 0 saturated heterocycles. The fraction of sp³-hybridized carbons (Fsp3) is 0.154. The highest BCUT2D eigenvalue weighted by Gasteiger charge is 2.14. The zero-order valence-electron chi connectivity index (χ0n) is 10.1. The second kappa shape index (κ2) is 5.97. The van der Waals surface area contributed by atoms with Gasteiger partial charge in [-0.15, -0.1) is 0 Å². The SMILES string of the molecule is NNC(Cc1ccnc(N)c1)c1ccc(F)cc1Cl. The maximum atomic E-state index is 13.0. The van der Waals surface area contributed by atoms with Crippen molar-refractivity contribution in [1.82, 2.24) is 10.4 Å². The lowest BCUT2D eigenvalue weighted by Gasteiger charge is -2.18. The number of hydrazine groups is 1. The average Bonchev–Trinajstić information content (AvgIpc) is 2.37. The molecule has 0 radical (unpaired) electrons. The van der Waals surface area contributed by atoms with Crippen molar-refractivity contribution in [2.75, 3.05) is 5.73 Å². The first-order valence-corrected chi connectivity index (χ1v) is 6.09. The van der Waals surface area contributed by atoms with Gasteiger partial charge in [-0.3, -0.25) is 11.3 Å². The normalized spacial score (nSPS) is 12.4. The fourth-order valence-electron chi connectivity index (χ4n) is 1.90. The molecule has 1 aromatic carbocycles. The van der Waals surface area contributed by atoms with Crippen LogP contribution in [0.1, 0.15) is 17.2 Å². The quantitative estimate of drug-likeness (QED) is 0.593. The molecule has 0 aliphatic carbocycles. The van der Waals surface area contributed by atoms with E-state index < -0.39 is 0 Å². The summed E-state index contributed by atoms with van der Waals surface area (Å²) in [5.74, 6) is 5.61. The molecule has 1 unspecified atom stereocenters. The van der Waals surface area contributed by atoms with Gasteiger partial charge < -0.3 is 5.73 Å². The third kappa shape index (κ3) is 3.41. The van der Waals surface area contributed by atoms with Gasteiger partial charge in [-0.25, -0.2) is 9.37 Å². The van der Waals surface area contributed by atoms with Crippen LogP contribution in [0.3, 0.4) is 0 Å². The number of nitrogen functional groups attached to an aromatic ring is 1. The molecule has 0 saturated carbocycles. The van der Waals surface area contributed by atoms with Crippen molar-refractivity contribution in [3.8, 4) is 0 Å². The highest BCUT2D eigenvalue weighted by atomic mass is 35.5. The average molecular weight is 281 g/mol. The molecule has 0 aliphatic heterocycles. The third-order valence-corrected chi connectivity index (χ3v) is 3.15. The van der Waals surface area contributed by atoms with E-state index in [0.29, 0.717) is 17.3 Å². The smallest absolute Gasteiger partial charge is 0.124 e. The third-order valence-electron chi connectivity index (χ3n) is 2.82. The highest BCUT2D eigenvalue weighted by Crippen LogP contribution is 2.26. The van der Waals surface area contributed by atoms with E-state index in [4.69, 9.17) is 23.2 Å². The molecule has 5 N–H and O–H groups in total. The summed E-state index contributed by atoms with van der Waals surface area (Å²) in [4.78, 5) is 3.93. The lowest BCUT2D eigenvalue weighted by molar-refractivity contribution is 0.549. The molecule has 6 heteroatoms. The Bertz CT molecular complexity index is 576. The molecule has 19 heavy (non-hydrogen) atoms. The Morgan fingerprint density at radius 3 is 2.74 bits per heavy atom. The van der Waals surface area contributed by atoms with E-state index in [1.165, 1.54) is 12.1 Å².